The fourth-order valence-electron chi connectivity index (χ4n) is 1.43. The Morgan fingerprint density at radius 2 is 1.75 bits per heavy atom. The second kappa shape index (κ2) is 5.58. The van der Waals surface area contributed by atoms with Crippen molar-refractivity contribution in [2.24, 2.45) is 5.73 Å². The molecule has 16 heavy (non-hydrogen) atoms. The van der Waals surface area contributed by atoms with Gasteiger partial charge < -0.3 is 25.4 Å². The lowest BCUT2D eigenvalue weighted by Crippen LogP contribution is -2.26. The third kappa shape index (κ3) is 2.77. The van der Waals surface area contributed by atoms with Crippen LogP contribution >= 0.6 is 0 Å². The summed E-state index contributed by atoms with van der Waals surface area (Å²) in [5, 5.41) is 18.5. The number of methoxy groups -OCH3 is 2. The Balaban J connectivity index is 3.02. The number of aliphatic hydroxyl groups is 1. The van der Waals surface area contributed by atoms with Crippen LogP contribution in [0.5, 0.6) is 17.2 Å². The van der Waals surface area contributed by atoms with Crippen LogP contribution in [0.15, 0.2) is 12.1 Å². The molecule has 0 bridgehead atoms. The van der Waals surface area contributed by atoms with Crippen molar-refractivity contribution in [3.8, 4) is 17.2 Å². The summed E-state index contributed by atoms with van der Waals surface area (Å²) in [6.07, 6.45) is 0.490. The van der Waals surface area contributed by atoms with Crippen LogP contribution in [0.25, 0.3) is 0 Å². The highest BCUT2D eigenvalue weighted by atomic mass is 16.5. The third-order valence-electron chi connectivity index (χ3n) is 2.27. The van der Waals surface area contributed by atoms with Gasteiger partial charge in [0, 0.05) is 6.04 Å². The molecular weight excluding hydrogens is 210 g/mol. The maximum Gasteiger partial charge on any atom is 0.200 e. The van der Waals surface area contributed by atoms with E-state index in [9.17, 15) is 5.11 Å². The molecule has 0 radical (unpaired) electrons. The molecule has 0 spiro atoms. The molecule has 1 atom stereocenters. The molecule has 0 amide bonds. The van der Waals surface area contributed by atoms with E-state index in [2.05, 4.69) is 0 Å². The predicted octanol–water partition coefficient (Wildman–Crippen LogP) is 0.271. The van der Waals surface area contributed by atoms with E-state index in [1.807, 2.05) is 0 Å². The molecule has 0 heterocycles. The number of aliphatic hydroxyl groups excluding tert-OH is 1. The molecule has 1 aromatic carbocycles. The summed E-state index contributed by atoms with van der Waals surface area (Å²) >= 11 is 0. The van der Waals surface area contributed by atoms with Crippen molar-refractivity contribution in [3.05, 3.63) is 17.7 Å². The van der Waals surface area contributed by atoms with Crippen LogP contribution in [-0.4, -0.2) is 37.1 Å². The summed E-state index contributed by atoms with van der Waals surface area (Å²) in [7, 11) is 2.93. The highest BCUT2D eigenvalue weighted by Gasteiger charge is 2.12. The Morgan fingerprint density at radius 3 is 2.12 bits per heavy atom. The second-order valence-corrected chi connectivity index (χ2v) is 3.50. The van der Waals surface area contributed by atoms with Gasteiger partial charge in [-0.15, -0.1) is 0 Å². The molecule has 4 N–H and O–H groups in total. The molecule has 1 rings (SSSR count). The van der Waals surface area contributed by atoms with Gasteiger partial charge in [0.05, 0.1) is 20.8 Å². The van der Waals surface area contributed by atoms with E-state index in [1.54, 1.807) is 12.1 Å². The van der Waals surface area contributed by atoms with E-state index in [-0.39, 0.29) is 18.4 Å². The van der Waals surface area contributed by atoms with Gasteiger partial charge >= 0.3 is 0 Å². The zero-order valence-electron chi connectivity index (χ0n) is 9.43. The van der Waals surface area contributed by atoms with Crippen molar-refractivity contribution in [1.29, 1.82) is 0 Å². The van der Waals surface area contributed by atoms with Crippen molar-refractivity contribution >= 4 is 0 Å². The van der Waals surface area contributed by atoms with E-state index in [0.717, 1.165) is 5.56 Å². The summed E-state index contributed by atoms with van der Waals surface area (Å²) in [5.74, 6) is 0.630. The number of hydrogen-bond acceptors (Lipinski definition) is 5. The Bertz CT molecular complexity index is 329. The highest BCUT2D eigenvalue weighted by molar-refractivity contribution is 5.52. The first-order valence-corrected chi connectivity index (χ1v) is 4.92. The fourth-order valence-corrected chi connectivity index (χ4v) is 1.43. The summed E-state index contributed by atoms with van der Waals surface area (Å²) in [6.45, 7) is -0.0918. The monoisotopic (exact) mass is 227 g/mol. The van der Waals surface area contributed by atoms with Crippen LogP contribution in [0.1, 0.15) is 5.56 Å². The Hall–Kier alpha value is -1.46. The molecule has 0 saturated heterocycles. The lowest BCUT2D eigenvalue weighted by atomic mass is 10.1. The zero-order chi connectivity index (χ0) is 12.1. The summed E-state index contributed by atoms with van der Waals surface area (Å²) < 4.78 is 10.0. The molecule has 0 aliphatic carbocycles. The predicted molar refractivity (Wildman–Crippen MR) is 60.0 cm³/mol. The average Bonchev–Trinajstić information content (AvgIpc) is 2.30. The van der Waals surface area contributed by atoms with Gasteiger partial charge in [0.2, 0.25) is 5.75 Å². The number of rotatable bonds is 5. The quantitative estimate of drug-likeness (QED) is 0.672. The maximum atomic E-state index is 9.67. The third-order valence-corrected chi connectivity index (χ3v) is 2.27. The maximum absolute atomic E-state index is 9.67. The molecule has 1 unspecified atom stereocenters. The van der Waals surface area contributed by atoms with E-state index >= 15 is 0 Å². The topological polar surface area (TPSA) is 84.9 Å². The first-order valence-electron chi connectivity index (χ1n) is 4.92. The van der Waals surface area contributed by atoms with E-state index in [0.29, 0.717) is 17.9 Å². The second-order valence-electron chi connectivity index (χ2n) is 3.50. The van der Waals surface area contributed by atoms with Crippen LogP contribution in [0.3, 0.4) is 0 Å². The number of nitrogens with two attached hydrogens (primary N) is 1. The van der Waals surface area contributed by atoms with Crippen molar-refractivity contribution in [2.45, 2.75) is 12.5 Å². The molecule has 0 aliphatic rings. The fraction of sp³-hybridized carbons (Fsp3) is 0.455. The standard InChI is InChI=1S/C11H17NO4/c1-15-9-4-7(3-8(12)6-13)5-10(16-2)11(9)14/h4-5,8,13-14H,3,6,12H2,1-2H3. The summed E-state index contributed by atoms with van der Waals surface area (Å²) in [6, 6.07) is 3.01. The van der Waals surface area contributed by atoms with Crippen molar-refractivity contribution in [3.63, 3.8) is 0 Å². The molecule has 0 saturated carbocycles. The van der Waals surface area contributed by atoms with Crippen LogP contribution in [-0.2, 0) is 6.42 Å². The number of hydrogen-bond donors (Lipinski definition) is 3. The van der Waals surface area contributed by atoms with Crippen LogP contribution < -0.4 is 15.2 Å². The molecule has 5 heteroatoms. The van der Waals surface area contributed by atoms with E-state index < -0.39 is 0 Å². The van der Waals surface area contributed by atoms with E-state index in [4.69, 9.17) is 20.3 Å². The van der Waals surface area contributed by atoms with Crippen LogP contribution in [0.4, 0.5) is 0 Å². The van der Waals surface area contributed by atoms with Crippen LogP contribution in [0.2, 0.25) is 0 Å². The van der Waals surface area contributed by atoms with Crippen molar-refractivity contribution in [1.82, 2.24) is 0 Å². The number of ether oxygens (including phenoxy) is 2. The molecular formula is C11H17NO4. The molecule has 0 aliphatic heterocycles. The van der Waals surface area contributed by atoms with Crippen molar-refractivity contribution < 1.29 is 19.7 Å². The Labute approximate surface area is 94.4 Å². The molecule has 0 aromatic heterocycles. The van der Waals surface area contributed by atoms with E-state index in [1.165, 1.54) is 14.2 Å². The first-order chi connectivity index (χ1) is 7.62. The van der Waals surface area contributed by atoms with Crippen molar-refractivity contribution in [2.75, 3.05) is 20.8 Å². The average molecular weight is 227 g/mol. The summed E-state index contributed by atoms with van der Waals surface area (Å²) in [4.78, 5) is 0. The number of phenols is 1. The number of benzene rings is 1. The van der Waals surface area contributed by atoms with Gasteiger partial charge in [-0.3, -0.25) is 0 Å². The van der Waals surface area contributed by atoms with Gasteiger partial charge in [0.15, 0.2) is 11.5 Å². The molecule has 5 nitrogen and oxygen atoms in total. The van der Waals surface area contributed by atoms with Gasteiger partial charge in [0.1, 0.15) is 0 Å². The minimum Gasteiger partial charge on any atom is -0.502 e. The molecule has 1 aromatic rings. The highest BCUT2D eigenvalue weighted by Crippen LogP contribution is 2.37. The Morgan fingerprint density at radius 1 is 1.25 bits per heavy atom. The largest absolute Gasteiger partial charge is 0.502 e. The summed E-state index contributed by atoms with van der Waals surface area (Å²) in [5.41, 5.74) is 6.47. The normalized spacial score (nSPS) is 12.2. The van der Waals surface area contributed by atoms with Gasteiger partial charge in [-0.25, -0.2) is 0 Å². The van der Waals surface area contributed by atoms with Gasteiger partial charge in [-0.1, -0.05) is 0 Å². The Kier molecular flexibility index (Phi) is 4.39. The van der Waals surface area contributed by atoms with Gasteiger partial charge in [0.25, 0.3) is 0 Å². The molecule has 90 valence electrons. The van der Waals surface area contributed by atoms with Gasteiger partial charge in [-0.05, 0) is 24.1 Å². The minimum absolute atomic E-state index is 0.0358. The SMILES string of the molecule is COc1cc(CC(N)CO)cc(OC)c1O. The minimum atomic E-state index is -0.334. The lowest BCUT2D eigenvalue weighted by Gasteiger charge is -2.13. The smallest absolute Gasteiger partial charge is 0.200 e. The van der Waals surface area contributed by atoms with Crippen LogP contribution in [0, 0.1) is 0 Å². The lowest BCUT2D eigenvalue weighted by molar-refractivity contribution is 0.265. The number of phenolic OH excluding ortho intramolecular Hbond substituents is 1. The number of aromatic hydroxyl groups is 1. The zero-order valence-corrected chi connectivity index (χ0v) is 9.43. The first kappa shape index (κ1) is 12.6. The molecule has 0 fully saturated rings. The van der Waals surface area contributed by atoms with Gasteiger partial charge in [-0.2, -0.15) is 0 Å².